The maximum Gasteiger partial charge on any atom is 0.317 e. The largest absolute Gasteiger partial charge is 0.492 e. The number of carbonyl (C=O) groups is 1. The fourth-order valence-corrected chi connectivity index (χ4v) is 1.92. The fourth-order valence-electron chi connectivity index (χ4n) is 1.92. The summed E-state index contributed by atoms with van der Waals surface area (Å²) in [5.41, 5.74) is 1.07. The lowest BCUT2D eigenvalue weighted by Gasteiger charge is -2.18. The van der Waals surface area contributed by atoms with Crippen molar-refractivity contribution in [3.63, 3.8) is 0 Å². The molecular weight excluding hydrogens is 283 g/mol. The molecule has 0 aliphatic carbocycles. The minimum Gasteiger partial charge on any atom is -0.492 e. The molecule has 22 heavy (non-hydrogen) atoms. The Morgan fingerprint density at radius 3 is 2.50 bits per heavy atom. The second-order valence-electron chi connectivity index (χ2n) is 4.88. The topological polar surface area (TPSA) is 41.6 Å². The van der Waals surface area contributed by atoms with Gasteiger partial charge in [-0.2, -0.15) is 0 Å². The van der Waals surface area contributed by atoms with Gasteiger partial charge in [0.15, 0.2) is 0 Å². The summed E-state index contributed by atoms with van der Waals surface area (Å²) in [4.78, 5) is 13.5. The normalized spacial score (nSPS) is 10.1. The van der Waals surface area contributed by atoms with Gasteiger partial charge >= 0.3 is 6.03 Å². The van der Waals surface area contributed by atoms with Gasteiger partial charge in [-0.1, -0.05) is 30.3 Å². The molecule has 0 spiro atoms. The molecule has 2 aromatic carbocycles. The van der Waals surface area contributed by atoms with Crippen molar-refractivity contribution in [3.05, 3.63) is 66.0 Å². The summed E-state index contributed by atoms with van der Waals surface area (Å²) in [7, 11) is 1.74. The zero-order valence-electron chi connectivity index (χ0n) is 12.5. The van der Waals surface area contributed by atoms with Crippen LogP contribution in [-0.4, -0.2) is 31.1 Å². The highest BCUT2D eigenvalue weighted by atomic mass is 19.1. The third-order valence-corrected chi connectivity index (χ3v) is 3.07. The van der Waals surface area contributed by atoms with E-state index < -0.39 is 0 Å². The Balaban J connectivity index is 1.67. The Morgan fingerprint density at radius 2 is 1.82 bits per heavy atom. The first kappa shape index (κ1) is 15.8. The van der Waals surface area contributed by atoms with Crippen LogP contribution in [0.1, 0.15) is 5.56 Å². The molecule has 5 heteroatoms. The Kier molecular flexibility index (Phi) is 5.77. The molecule has 0 radical (unpaired) electrons. The average molecular weight is 302 g/mol. The third kappa shape index (κ3) is 5.09. The molecule has 0 atom stereocenters. The standard InChI is InChI=1S/C17H19FN2O2/c1-20(13-14-5-3-2-4-6-14)17(21)19-11-12-22-16-9-7-15(18)8-10-16/h2-10H,11-13H2,1H3,(H,19,21). The lowest BCUT2D eigenvalue weighted by molar-refractivity contribution is 0.203. The third-order valence-electron chi connectivity index (χ3n) is 3.07. The molecule has 0 heterocycles. The number of carbonyl (C=O) groups excluding carboxylic acids is 1. The van der Waals surface area contributed by atoms with Crippen LogP contribution in [0.2, 0.25) is 0 Å². The number of halogens is 1. The second kappa shape index (κ2) is 8.02. The van der Waals surface area contributed by atoms with Crippen LogP contribution in [0.25, 0.3) is 0 Å². The van der Waals surface area contributed by atoms with E-state index in [0.717, 1.165) is 5.56 Å². The van der Waals surface area contributed by atoms with Crippen LogP contribution in [0.15, 0.2) is 54.6 Å². The molecule has 0 bridgehead atoms. The van der Waals surface area contributed by atoms with Gasteiger partial charge in [-0.05, 0) is 29.8 Å². The molecule has 0 fully saturated rings. The van der Waals surface area contributed by atoms with E-state index in [1.54, 1.807) is 24.1 Å². The van der Waals surface area contributed by atoms with E-state index in [1.807, 2.05) is 30.3 Å². The quantitative estimate of drug-likeness (QED) is 0.833. The van der Waals surface area contributed by atoms with Crippen LogP contribution < -0.4 is 10.1 Å². The maximum atomic E-state index is 12.7. The Morgan fingerprint density at radius 1 is 1.14 bits per heavy atom. The monoisotopic (exact) mass is 302 g/mol. The number of hydrogen-bond acceptors (Lipinski definition) is 2. The maximum absolute atomic E-state index is 12.7. The summed E-state index contributed by atoms with van der Waals surface area (Å²) in [5, 5.41) is 2.77. The van der Waals surface area contributed by atoms with Gasteiger partial charge < -0.3 is 15.0 Å². The molecular formula is C17H19FN2O2. The van der Waals surface area contributed by atoms with Gasteiger partial charge in [0.2, 0.25) is 0 Å². The number of hydrogen-bond donors (Lipinski definition) is 1. The van der Waals surface area contributed by atoms with Crippen molar-refractivity contribution in [3.8, 4) is 5.75 Å². The summed E-state index contributed by atoms with van der Waals surface area (Å²) in [6, 6.07) is 15.4. The first-order valence-corrected chi connectivity index (χ1v) is 7.06. The van der Waals surface area contributed by atoms with E-state index in [4.69, 9.17) is 4.74 Å². The van der Waals surface area contributed by atoms with Gasteiger partial charge in [-0.3, -0.25) is 0 Å². The number of ether oxygens (including phenoxy) is 1. The van der Waals surface area contributed by atoms with Crippen LogP contribution in [-0.2, 0) is 6.54 Å². The van der Waals surface area contributed by atoms with E-state index in [9.17, 15) is 9.18 Å². The van der Waals surface area contributed by atoms with Crippen LogP contribution >= 0.6 is 0 Å². The highest BCUT2D eigenvalue weighted by Gasteiger charge is 2.07. The molecule has 2 rings (SSSR count). The van der Waals surface area contributed by atoms with Crippen molar-refractivity contribution in [1.29, 1.82) is 0 Å². The minimum absolute atomic E-state index is 0.161. The van der Waals surface area contributed by atoms with Gasteiger partial charge in [-0.25, -0.2) is 9.18 Å². The lowest BCUT2D eigenvalue weighted by Crippen LogP contribution is -2.38. The number of amides is 2. The van der Waals surface area contributed by atoms with Crippen molar-refractivity contribution in [2.75, 3.05) is 20.2 Å². The lowest BCUT2D eigenvalue weighted by atomic mass is 10.2. The highest BCUT2D eigenvalue weighted by Crippen LogP contribution is 2.10. The van der Waals surface area contributed by atoms with Crippen LogP contribution in [0.5, 0.6) is 5.75 Å². The number of nitrogens with zero attached hydrogens (tertiary/aromatic N) is 1. The van der Waals surface area contributed by atoms with E-state index in [2.05, 4.69) is 5.32 Å². The summed E-state index contributed by atoms with van der Waals surface area (Å²) >= 11 is 0. The summed E-state index contributed by atoms with van der Waals surface area (Å²) in [5.74, 6) is 0.275. The second-order valence-corrected chi connectivity index (χ2v) is 4.88. The predicted molar refractivity (Wildman–Crippen MR) is 83.2 cm³/mol. The van der Waals surface area contributed by atoms with Crippen LogP contribution in [0.3, 0.4) is 0 Å². The van der Waals surface area contributed by atoms with Gasteiger partial charge in [0.05, 0.1) is 6.54 Å². The first-order chi connectivity index (χ1) is 10.6. The van der Waals surface area contributed by atoms with Crippen molar-refractivity contribution in [1.82, 2.24) is 10.2 Å². The summed E-state index contributed by atoms with van der Waals surface area (Å²) in [6.07, 6.45) is 0. The van der Waals surface area contributed by atoms with Gasteiger partial charge in [0, 0.05) is 13.6 Å². The molecule has 2 aromatic rings. The van der Waals surface area contributed by atoms with Crippen molar-refractivity contribution in [2.24, 2.45) is 0 Å². The van der Waals surface area contributed by atoms with Gasteiger partial charge in [0.1, 0.15) is 18.2 Å². The molecule has 0 aromatic heterocycles. The van der Waals surface area contributed by atoms with E-state index >= 15 is 0 Å². The zero-order chi connectivity index (χ0) is 15.8. The summed E-state index contributed by atoms with van der Waals surface area (Å²) in [6.45, 7) is 1.26. The highest BCUT2D eigenvalue weighted by molar-refractivity contribution is 5.73. The Bertz CT molecular complexity index is 587. The smallest absolute Gasteiger partial charge is 0.317 e. The van der Waals surface area contributed by atoms with E-state index in [1.165, 1.54) is 12.1 Å². The molecule has 0 aliphatic heterocycles. The molecule has 0 aliphatic rings. The summed E-state index contributed by atoms with van der Waals surface area (Å²) < 4.78 is 18.1. The van der Waals surface area contributed by atoms with Crippen molar-refractivity contribution >= 4 is 6.03 Å². The molecule has 0 saturated carbocycles. The van der Waals surface area contributed by atoms with Gasteiger partial charge in [0.25, 0.3) is 0 Å². The average Bonchev–Trinajstić information content (AvgIpc) is 2.54. The Hall–Kier alpha value is -2.56. The molecule has 2 amide bonds. The van der Waals surface area contributed by atoms with Crippen LogP contribution in [0.4, 0.5) is 9.18 Å². The molecule has 0 unspecified atom stereocenters. The molecule has 116 valence electrons. The van der Waals surface area contributed by atoms with Crippen molar-refractivity contribution < 1.29 is 13.9 Å². The predicted octanol–water partition coefficient (Wildman–Crippen LogP) is 3.05. The Labute approximate surface area is 129 Å². The zero-order valence-corrected chi connectivity index (χ0v) is 12.5. The molecule has 4 nitrogen and oxygen atoms in total. The van der Waals surface area contributed by atoms with Gasteiger partial charge in [-0.15, -0.1) is 0 Å². The minimum atomic E-state index is -0.303. The number of urea groups is 1. The molecule has 0 saturated heterocycles. The molecule has 1 N–H and O–H groups in total. The van der Waals surface area contributed by atoms with E-state index in [0.29, 0.717) is 25.4 Å². The van der Waals surface area contributed by atoms with Crippen LogP contribution in [0, 0.1) is 5.82 Å². The van der Waals surface area contributed by atoms with Crippen molar-refractivity contribution in [2.45, 2.75) is 6.54 Å². The number of rotatable bonds is 6. The SMILES string of the molecule is CN(Cc1ccccc1)C(=O)NCCOc1ccc(F)cc1. The fraction of sp³-hybridized carbons (Fsp3) is 0.235. The van der Waals surface area contributed by atoms with E-state index in [-0.39, 0.29) is 11.8 Å². The number of nitrogens with one attached hydrogen (secondary N) is 1. The first-order valence-electron chi connectivity index (χ1n) is 7.06. The number of benzene rings is 2.